The molecule has 0 radical (unpaired) electrons. The number of para-hydroxylation sites is 1. The molecular weight excluding hydrogens is 410 g/mol. The highest BCUT2D eigenvalue weighted by atomic mass is 32.1. The van der Waals surface area contributed by atoms with Gasteiger partial charge in [0, 0.05) is 18.0 Å². The number of rotatable bonds is 6. The van der Waals surface area contributed by atoms with Crippen LogP contribution in [0.5, 0.6) is 11.5 Å². The maximum Gasteiger partial charge on any atom is 0.347 e. The minimum Gasteiger partial charge on any atom is -0.493 e. The van der Waals surface area contributed by atoms with Crippen LogP contribution in [0.3, 0.4) is 0 Å². The van der Waals surface area contributed by atoms with Crippen molar-refractivity contribution in [1.29, 1.82) is 0 Å². The van der Waals surface area contributed by atoms with Gasteiger partial charge in [0.2, 0.25) is 0 Å². The summed E-state index contributed by atoms with van der Waals surface area (Å²) in [6, 6.07) is 13.8. The second-order valence-electron chi connectivity index (χ2n) is 7.72. The Labute approximate surface area is 184 Å². The normalized spacial score (nSPS) is 14.2. The van der Waals surface area contributed by atoms with Crippen LogP contribution in [0.1, 0.15) is 30.7 Å². The predicted octanol–water partition coefficient (Wildman–Crippen LogP) is 4.90. The molecule has 5 rings (SSSR count). The van der Waals surface area contributed by atoms with Gasteiger partial charge in [0.25, 0.3) is 0 Å². The summed E-state index contributed by atoms with van der Waals surface area (Å²) in [5.74, 6) is 1.45. The third-order valence-corrected chi connectivity index (χ3v) is 6.61. The highest BCUT2D eigenvalue weighted by Crippen LogP contribution is 2.35. The van der Waals surface area contributed by atoms with Crippen molar-refractivity contribution in [2.24, 2.45) is 0 Å². The molecule has 2 aromatic carbocycles. The number of benzene rings is 2. The molecule has 158 valence electrons. The molecule has 1 aliphatic rings. The van der Waals surface area contributed by atoms with Crippen molar-refractivity contribution in [3.8, 4) is 22.6 Å². The van der Waals surface area contributed by atoms with Gasteiger partial charge in [-0.3, -0.25) is 4.57 Å². The van der Waals surface area contributed by atoms with Crippen LogP contribution in [0.2, 0.25) is 0 Å². The van der Waals surface area contributed by atoms with Gasteiger partial charge >= 0.3 is 5.69 Å². The van der Waals surface area contributed by atoms with Crippen LogP contribution in [-0.4, -0.2) is 27.7 Å². The number of aromatic nitrogens is 3. The highest BCUT2D eigenvalue weighted by Gasteiger charge is 2.19. The first kappa shape index (κ1) is 19.8. The maximum atomic E-state index is 12.4. The Bertz CT molecular complexity index is 1240. The number of methoxy groups -OCH3 is 1. The molecule has 0 N–H and O–H groups in total. The molecule has 1 saturated carbocycles. The lowest BCUT2D eigenvalue weighted by Gasteiger charge is -2.17. The molecule has 0 saturated heterocycles. The highest BCUT2D eigenvalue weighted by molar-refractivity contribution is 7.18. The first-order valence-corrected chi connectivity index (χ1v) is 11.3. The molecule has 4 aromatic rings. The zero-order chi connectivity index (χ0) is 21.2. The van der Waals surface area contributed by atoms with Gasteiger partial charge in [-0.25, -0.2) is 14.8 Å². The third-order valence-electron chi connectivity index (χ3n) is 5.59. The Kier molecular flexibility index (Phi) is 5.42. The Morgan fingerprint density at radius 2 is 1.94 bits per heavy atom. The van der Waals surface area contributed by atoms with Crippen LogP contribution in [0.25, 0.3) is 21.3 Å². The molecule has 1 fully saturated rings. The maximum absolute atomic E-state index is 12.4. The van der Waals surface area contributed by atoms with Crippen LogP contribution in [0.4, 0.5) is 0 Å². The van der Waals surface area contributed by atoms with E-state index in [-0.39, 0.29) is 11.8 Å². The average Bonchev–Trinajstić information content (AvgIpc) is 3.44. The lowest BCUT2D eigenvalue weighted by molar-refractivity contribution is 0.201. The molecule has 6 nitrogen and oxygen atoms in total. The number of ether oxygens (including phenoxy) is 2. The molecule has 1 aliphatic carbocycles. The minimum absolute atomic E-state index is 0.232. The van der Waals surface area contributed by atoms with Crippen molar-refractivity contribution < 1.29 is 9.47 Å². The SMILES string of the molecule is COc1ccc(-c2cnc(=O)n(Cc3nc4ccccc4s3)c2)cc1OC1CCCC1. The smallest absolute Gasteiger partial charge is 0.347 e. The van der Waals surface area contributed by atoms with Gasteiger partial charge < -0.3 is 9.47 Å². The zero-order valence-electron chi connectivity index (χ0n) is 17.3. The molecule has 2 heterocycles. The average molecular weight is 434 g/mol. The van der Waals surface area contributed by atoms with Gasteiger partial charge in [0.1, 0.15) is 5.01 Å². The fraction of sp³-hybridized carbons (Fsp3) is 0.292. The molecule has 0 amide bonds. The van der Waals surface area contributed by atoms with Gasteiger partial charge in [-0.15, -0.1) is 11.3 Å². The van der Waals surface area contributed by atoms with Crippen molar-refractivity contribution >= 4 is 21.6 Å². The summed E-state index contributed by atoms with van der Waals surface area (Å²) < 4.78 is 14.4. The topological polar surface area (TPSA) is 66.2 Å². The summed E-state index contributed by atoms with van der Waals surface area (Å²) in [4.78, 5) is 21.1. The minimum atomic E-state index is -0.293. The lowest BCUT2D eigenvalue weighted by Crippen LogP contribution is -2.22. The second-order valence-corrected chi connectivity index (χ2v) is 8.83. The van der Waals surface area contributed by atoms with Crippen molar-refractivity contribution in [2.45, 2.75) is 38.3 Å². The monoisotopic (exact) mass is 433 g/mol. The van der Waals surface area contributed by atoms with Gasteiger partial charge in [0.05, 0.1) is 30.0 Å². The molecule has 0 bridgehead atoms. The van der Waals surface area contributed by atoms with Gasteiger partial charge in [-0.1, -0.05) is 18.2 Å². The van der Waals surface area contributed by atoms with E-state index >= 15 is 0 Å². The van der Waals surface area contributed by atoms with Crippen LogP contribution in [0.15, 0.2) is 59.7 Å². The number of nitrogens with zero attached hydrogens (tertiary/aromatic N) is 3. The van der Waals surface area contributed by atoms with E-state index < -0.39 is 0 Å². The number of fused-ring (bicyclic) bond motifs is 1. The summed E-state index contributed by atoms with van der Waals surface area (Å²) >= 11 is 1.59. The molecule has 0 unspecified atom stereocenters. The van der Waals surface area contributed by atoms with Crippen LogP contribution in [0, 0.1) is 0 Å². The van der Waals surface area contributed by atoms with E-state index in [0.29, 0.717) is 12.3 Å². The standard InChI is InChI=1S/C24H23N3O3S/c1-29-20-11-10-16(12-21(20)30-18-6-2-3-7-18)17-13-25-24(28)27(14-17)15-23-26-19-8-4-5-9-22(19)31-23/h4-5,8-14,18H,2-3,6-7,15H2,1H3. The molecule has 2 aromatic heterocycles. The fourth-order valence-electron chi connectivity index (χ4n) is 3.99. The van der Waals surface area contributed by atoms with Crippen molar-refractivity contribution in [1.82, 2.24) is 14.5 Å². The summed E-state index contributed by atoms with van der Waals surface area (Å²) in [5, 5.41) is 0.877. The number of hydrogen-bond donors (Lipinski definition) is 0. The summed E-state index contributed by atoms with van der Waals surface area (Å²) in [5.41, 5.74) is 2.43. The van der Waals surface area contributed by atoms with Crippen LogP contribution >= 0.6 is 11.3 Å². The summed E-state index contributed by atoms with van der Waals surface area (Å²) in [7, 11) is 1.65. The third kappa shape index (κ3) is 4.18. The van der Waals surface area contributed by atoms with Crippen molar-refractivity contribution in [3.63, 3.8) is 0 Å². The second kappa shape index (κ2) is 8.51. The van der Waals surface area contributed by atoms with E-state index in [1.807, 2.05) is 48.7 Å². The van der Waals surface area contributed by atoms with Crippen molar-refractivity contribution in [3.05, 3.63) is 70.4 Å². The Morgan fingerprint density at radius 3 is 2.74 bits per heavy atom. The van der Waals surface area contributed by atoms with Crippen LogP contribution < -0.4 is 15.2 Å². The Balaban J connectivity index is 1.45. The van der Waals surface area contributed by atoms with Crippen LogP contribution in [-0.2, 0) is 6.54 Å². The predicted molar refractivity (Wildman–Crippen MR) is 122 cm³/mol. The quantitative estimate of drug-likeness (QED) is 0.433. The lowest BCUT2D eigenvalue weighted by atomic mass is 10.1. The zero-order valence-corrected chi connectivity index (χ0v) is 18.1. The molecule has 31 heavy (non-hydrogen) atoms. The van der Waals surface area contributed by atoms with E-state index in [1.165, 1.54) is 12.8 Å². The van der Waals surface area contributed by atoms with E-state index in [1.54, 1.807) is 29.2 Å². The number of hydrogen-bond acceptors (Lipinski definition) is 6. The van der Waals surface area contributed by atoms with Gasteiger partial charge in [0.15, 0.2) is 11.5 Å². The van der Waals surface area contributed by atoms with Gasteiger partial charge in [-0.2, -0.15) is 0 Å². The molecule has 0 aliphatic heterocycles. The van der Waals surface area contributed by atoms with Crippen molar-refractivity contribution in [2.75, 3.05) is 7.11 Å². The Morgan fingerprint density at radius 1 is 1.10 bits per heavy atom. The molecule has 0 atom stereocenters. The fourth-order valence-corrected chi connectivity index (χ4v) is 4.95. The van der Waals surface area contributed by atoms with E-state index in [4.69, 9.17) is 9.47 Å². The van der Waals surface area contributed by atoms with E-state index in [9.17, 15) is 4.79 Å². The summed E-state index contributed by atoms with van der Waals surface area (Å²) in [6.45, 7) is 0.389. The van der Waals surface area contributed by atoms with Gasteiger partial charge in [-0.05, 0) is 55.5 Å². The molecule has 0 spiro atoms. The van der Waals surface area contributed by atoms with E-state index in [2.05, 4.69) is 9.97 Å². The Hall–Kier alpha value is -3.19. The van der Waals surface area contributed by atoms with E-state index in [0.717, 1.165) is 44.9 Å². The molecular formula is C24H23N3O3S. The summed E-state index contributed by atoms with van der Waals surface area (Å²) in [6.07, 6.45) is 8.22. The number of thiazole rings is 1. The first-order valence-electron chi connectivity index (χ1n) is 10.5. The molecule has 7 heteroatoms. The largest absolute Gasteiger partial charge is 0.493 e. The first-order chi connectivity index (χ1) is 15.2.